The Labute approximate surface area is 283 Å². The second-order valence-corrected chi connectivity index (χ2v) is 13.3. The molecule has 2 aliphatic rings. The molecule has 0 radical (unpaired) electrons. The van der Waals surface area contributed by atoms with E-state index in [0.29, 0.717) is 5.92 Å². The maximum absolute atomic E-state index is 2.53. The maximum atomic E-state index is 2.53. The topological polar surface area (TPSA) is 13.1 Å². The summed E-state index contributed by atoms with van der Waals surface area (Å²) in [5.41, 5.74) is 11.1. The average Bonchev–Trinajstić information content (AvgIpc) is 3.80. The Kier molecular flexibility index (Phi) is 5.50. The van der Waals surface area contributed by atoms with Gasteiger partial charge >= 0.3 is 0 Å². The van der Waals surface area contributed by atoms with Crippen molar-refractivity contribution in [3.63, 3.8) is 0 Å². The minimum Gasteiger partial charge on any atom is -0.333 e. The third kappa shape index (κ3) is 3.67. The van der Waals surface area contributed by atoms with Crippen molar-refractivity contribution in [1.29, 1.82) is 0 Å². The number of rotatable bonds is 3. The van der Waals surface area contributed by atoms with Crippen molar-refractivity contribution in [1.82, 2.24) is 9.13 Å². The summed E-state index contributed by atoms with van der Waals surface area (Å²) in [6.45, 7) is 0. The van der Waals surface area contributed by atoms with Crippen LogP contribution in [0.5, 0.6) is 0 Å². The van der Waals surface area contributed by atoms with Gasteiger partial charge in [-0.2, -0.15) is 0 Å². The SMILES string of the molecule is C1=CC2c3ccccc3N(c3ccc4c(c3)c3ccccc3n4-c3cccc4c3c3ccccc3n4-c3cccc4ccccc34)C2C=C1. The highest BCUT2D eigenvalue weighted by Crippen LogP contribution is 2.49. The van der Waals surface area contributed by atoms with Crippen LogP contribution < -0.4 is 4.90 Å². The first-order chi connectivity index (χ1) is 24.3. The molecule has 7 aromatic carbocycles. The molecule has 3 heteroatoms. The number of para-hydroxylation sites is 3. The zero-order chi connectivity index (χ0) is 32.1. The van der Waals surface area contributed by atoms with Crippen LogP contribution in [0.3, 0.4) is 0 Å². The molecule has 0 fully saturated rings. The molecule has 0 N–H and O–H groups in total. The first-order valence-electron chi connectivity index (χ1n) is 17.1. The van der Waals surface area contributed by atoms with Gasteiger partial charge in [-0.15, -0.1) is 0 Å². The van der Waals surface area contributed by atoms with Crippen LogP contribution in [-0.2, 0) is 0 Å². The Bertz CT molecular complexity index is 2860. The summed E-state index contributed by atoms with van der Waals surface area (Å²) in [6.07, 6.45) is 9.09. The second kappa shape index (κ2) is 10.1. The molecule has 3 heterocycles. The van der Waals surface area contributed by atoms with Crippen LogP contribution in [0.25, 0.3) is 65.8 Å². The second-order valence-electron chi connectivity index (χ2n) is 13.3. The Morgan fingerprint density at radius 1 is 0.408 bits per heavy atom. The molecular formula is C46H31N3. The standard InChI is InChI=1S/C46H31N3/c1-2-15-32-30(13-1)14-11-24-38(32)48-42-23-10-6-19-36(42)46-44(48)25-12-26-45(46)49-41-22-9-5-18-35(41)37-29-31(27-28-43(37)49)47-39-20-7-3-16-33(39)34-17-4-8-21-40(34)47/h1-29,33,39H. The summed E-state index contributed by atoms with van der Waals surface area (Å²) in [4.78, 5) is 2.53. The summed E-state index contributed by atoms with van der Waals surface area (Å²) in [7, 11) is 0. The van der Waals surface area contributed by atoms with Gasteiger partial charge in [-0.05, 0) is 65.5 Å². The third-order valence-electron chi connectivity index (χ3n) is 10.8. The number of aromatic nitrogens is 2. The third-order valence-corrected chi connectivity index (χ3v) is 10.8. The van der Waals surface area contributed by atoms with Gasteiger partial charge in [-0.3, -0.25) is 0 Å². The lowest BCUT2D eigenvalue weighted by Gasteiger charge is -2.28. The molecule has 0 bridgehead atoms. The van der Waals surface area contributed by atoms with Gasteiger partial charge < -0.3 is 14.0 Å². The summed E-state index contributed by atoms with van der Waals surface area (Å²) in [5.74, 6) is 0.356. The summed E-state index contributed by atoms with van der Waals surface area (Å²) < 4.78 is 4.94. The molecule has 11 rings (SSSR count). The molecule has 0 saturated heterocycles. The molecule has 0 amide bonds. The van der Waals surface area contributed by atoms with Gasteiger partial charge in [0.05, 0.1) is 39.5 Å². The molecule has 1 aliphatic heterocycles. The molecule has 2 atom stereocenters. The van der Waals surface area contributed by atoms with E-state index >= 15 is 0 Å². The fraction of sp³-hybridized carbons (Fsp3) is 0.0435. The Hall–Kier alpha value is -6.32. The fourth-order valence-corrected chi connectivity index (χ4v) is 8.81. The van der Waals surface area contributed by atoms with E-state index in [4.69, 9.17) is 0 Å². The van der Waals surface area contributed by atoms with Crippen LogP contribution in [0, 0.1) is 0 Å². The molecule has 0 spiro atoms. The number of hydrogen-bond donors (Lipinski definition) is 0. The Morgan fingerprint density at radius 3 is 1.94 bits per heavy atom. The van der Waals surface area contributed by atoms with Crippen molar-refractivity contribution in [3.05, 3.63) is 182 Å². The smallest absolute Gasteiger partial charge is 0.0629 e. The highest BCUT2D eigenvalue weighted by Gasteiger charge is 2.37. The van der Waals surface area contributed by atoms with Gasteiger partial charge in [0.2, 0.25) is 0 Å². The number of benzene rings is 7. The Balaban J connectivity index is 1.18. The molecular weight excluding hydrogens is 595 g/mol. The van der Waals surface area contributed by atoms with E-state index < -0.39 is 0 Å². The van der Waals surface area contributed by atoms with E-state index in [1.807, 2.05) is 0 Å². The van der Waals surface area contributed by atoms with Crippen molar-refractivity contribution >= 4 is 65.8 Å². The predicted octanol–water partition coefficient (Wildman–Crippen LogP) is 11.8. The minimum atomic E-state index is 0.266. The van der Waals surface area contributed by atoms with E-state index in [1.165, 1.54) is 82.7 Å². The van der Waals surface area contributed by atoms with Gasteiger partial charge in [0.25, 0.3) is 0 Å². The predicted molar refractivity (Wildman–Crippen MR) is 206 cm³/mol. The van der Waals surface area contributed by atoms with E-state index in [9.17, 15) is 0 Å². The molecule has 9 aromatic rings. The normalized spacial score (nSPS) is 16.8. The molecule has 49 heavy (non-hydrogen) atoms. The van der Waals surface area contributed by atoms with Crippen LogP contribution in [0.4, 0.5) is 11.4 Å². The zero-order valence-corrected chi connectivity index (χ0v) is 26.7. The largest absolute Gasteiger partial charge is 0.333 e. The monoisotopic (exact) mass is 625 g/mol. The van der Waals surface area contributed by atoms with Gasteiger partial charge in [-0.25, -0.2) is 0 Å². The lowest BCUT2D eigenvalue weighted by atomic mass is 9.91. The van der Waals surface area contributed by atoms with Gasteiger partial charge in [0, 0.05) is 44.2 Å². The Morgan fingerprint density at radius 2 is 1.02 bits per heavy atom. The summed E-state index contributed by atoms with van der Waals surface area (Å²) >= 11 is 0. The van der Waals surface area contributed by atoms with Crippen molar-refractivity contribution in [2.24, 2.45) is 0 Å². The lowest BCUT2D eigenvalue weighted by molar-refractivity contribution is 0.745. The van der Waals surface area contributed by atoms with Crippen LogP contribution in [0.2, 0.25) is 0 Å². The number of anilines is 2. The quantitative estimate of drug-likeness (QED) is 0.190. The first-order valence-corrected chi connectivity index (χ1v) is 17.1. The van der Waals surface area contributed by atoms with Crippen molar-refractivity contribution < 1.29 is 0 Å². The van der Waals surface area contributed by atoms with E-state index in [-0.39, 0.29) is 6.04 Å². The molecule has 2 aromatic heterocycles. The lowest BCUT2D eigenvalue weighted by Crippen LogP contribution is -2.28. The molecule has 230 valence electrons. The van der Waals surface area contributed by atoms with Crippen LogP contribution in [0.15, 0.2) is 176 Å². The number of allylic oxidation sites excluding steroid dienone is 2. The zero-order valence-electron chi connectivity index (χ0n) is 26.7. The molecule has 2 unspecified atom stereocenters. The van der Waals surface area contributed by atoms with E-state index in [2.05, 4.69) is 190 Å². The van der Waals surface area contributed by atoms with Crippen molar-refractivity contribution in [3.8, 4) is 11.4 Å². The van der Waals surface area contributed by atoms with Crippen molar-refractivity contribution in [2.45, 2.75) is 12.0 Å². The molecule has 1 aliphatic carbocycles. The number of hydrogen-bond acceptors (Lipinski definition) is 1. The van der Waals surface area contributed by atoms with Gasteiger partial charge in [-0.1, -0.05) is 121 Å². The highest BCUT2D eigenvalue weighted by molar-refractivity contribution is 6.17. The molecule has 3 nitrogen and oxygen atoms in total. The van der Waals surface area contributed by atoms with Crippen LogP contribution in [-0.4, -0.2) is 15.2 Å². The number of fused-ring (bicyclic) bond motifs is 10. The number of nitrogens with zero attached hydrogens (tertiary/aromatic N) is 3. The van der Waals surface area contributed by atoms with Gasteiger partial charge in [0.1, 0.15) is 0 Å². The van der Waals surface area contributed by atoms with E-state index in [0.717, 1.165) is 0 Å². The average molecular weight is 626 g/mol. The summed E-state index contributed by atoms with van der Waals surface area (Å²) in [6, 6.07) is 56.1. The van der Waals surface area contributed by atoms with Crippen LogP contribution >= 0.6 is 0 Å². The van der Waals surface area contributed by atoms with E-state index in [1.54, 1.807) is 0 Å². The van der Waals surface area contributed by atoms with Crippen LogP contribution in [0.1, 0.15) is 11.5 Å². The van der Waals surface area contributed by atoms with Gasteiger partial charge in [0.15, 0.2) is 0 Å². The first kappa shape index (κ1) is 26.7. The molecule has 0 saturated carbocycles. The highest BCUT2D eigenvalue weighted by atomic mass is 15.2. The minimum absolute atomic E-state index is 0.266. The fourth-order valence-electron chi connectivity index (χ4n) is 8.81. The summed E-state index contributed by atoms with van der Waals surface area (Å²) in [5, 5.41) is 7.52. The van der Waals surface area contributed by atoms with Crippen molar-refractivity contribution in [2.75, 3.05) is 4.90 Å². The maximum Gasteiger partial charge on any atom is 0.0629 e.